The van der Waals surface area contributed by atoms with Crippen molar-refractivity contribution in [2.45, 2.75) is 20.3 Å². The van der Waals surface area contributed by atoms with Crippen LogP contribution in [0.15, 0.2) is 11.9 Å². The Labute approximate surface area is 56.1 Å². The lowest BCUT2D eigenvalue weighted by Gasteiger charge is -2.28. The maximum atomic E-state index is 5.51. The molecule has 9 heavy (non-hydrogen) atoms. The molecule has 1 rings (SSSR count). The molecule has 0 atom stereocenters. The lowest BCUT2D eigenvalue weighted by molar-refractivity contribution is 0.339. The molecule has 0 amide bonds. The number of hydrogen-bond acceptors (Lipinski definition) is 2. The molecular weight excluding hydrogens is 112 g/mol. The Morgan fingerprint density at radius 1 is 1.67 bits per heavy atom. The van der Waals surface area contributed by atoms with Gasteiger partial charge in [0.2, 0.25) is 0 Å². The van der Waals surface area contributed by atoms with Gasteiger partial charge in [-0.3, -0.25) is 0 Å². The fourth-order valence-corrected chi connectivity index (χ4v) is 0.872. The monoisotopic (exact) mass is 126 g/mol. The summed E-state index contributed by atoms with van der Waals surface area (Å²) in [5.74, 6) is 0.828. The second kappa shape index (κ2) is 1.94. The number of allylic oxidation sites excluding steroid dienone is 1. The summed E-state index contributed by atoms with van der Waals surface area (Å²) in [5, 5.41) is 3.11. The van der Waals surface area contributed by atoms with Gasteiger partial charge < -0.3 is 11.1 Å². The molecule has 2 nitrogen and oxygen atoms in total. The van der Waals surface area contributed by atoms with Crippen LogP contribution in [-0.4, -0.2) is 6.54 Å². The first-order valence-corrected chi connectivity index (χ1v) is 3.30. The molecule has 3 N–H and O–H groups in total. The van der Waals surface area contributed by atoms with E-state index in [9.17, 15) is 0 Å². The van der Waals surface area contributed by atoms with Crippen molar-refractivity contribution in [2.75, 3.05) is 6.54 Å². The maximum Gasteiger partial charge on any atom is 0.0919 e. The van der Waals surface area contributed by atoms with Crippen LogP contribution in [-0.2, 0) is 0 Å². The van der Waals surface area contributed by atoms with Gasteiger partial charge in [-0.25, -0.2) is 0 Å². The van der Waals surface area contributed by atoms with Gasteiger partial charge in [0.1, 0.15) is 0 Å². The first-order valence-electron chi connectivity index (χ1n) is 3.30. The van der Waals surface area contributed by atoms with Crippen molar-refractivity contribution in [1.82, 2.24) is 5.32 Å². The molecule has 52 valence electrons. The minimum absolute atomic E-state index is 0.392. The van der Waals surface area contributed by atoms with E-state index in [1.807, 2.05) is 6.08 Å². The van der Waals surface area contributed by atoms with Crippen LogP contribution in [0, 0.1) is 5.41 Å². The Hall–Kier alpha value is -0.660. The lowest BCUT2D eigenvalue weighted by atomic mass is 9.87. The molecule has 0 aromatic carbocycles. The van der Waals surface area contributed by atoms with Crippen molar-refractivity contribution in [2.24, 2.45) is 11.1 Å². The fraction of sp³-hybridized carbons (Fsp3) is 0.714. The lowest BCUT2D eigenvalue weighted by Crippen LogP contribution is -2.35. The first-order chi connectivity index (χ1) is 4.10. The van der Waals surface area contributed by atoms with Gasteiger partial charge >= 0.3 is 0 Å². The molecule has 0 fully saturated rings. The van der Waals surface area contributed by atoms with E-state index in [1.54, 1.807) is 0 Å². The molecule has 1 aliphatic heterocycles. The number of rotatable bonds is 0. The average molecular weight is 126 g/mol. The second-order valence-electron chi connectivity index (χ2n) is 3.38. The topological polar surface area (TPSA) is 38.0 Å². The Morgan fingerprint density at radius 3 is 2.67 bits per heavy atom. The predicted molar refractivity (Wildman–Crippen MR) is 38.7 cm³/mol. The summed E-state index contributed by atoms with van der Waals surface area (Å²) >= 11 is 0. The summed E-state index contributed by atoms with van der Waals surface area (Å²) in [7, 11) is 0. The molecule has 0 radical (unpaired) electrons. The van der Waals surface area contributed by atoms with Crippen molar-refractivity contribution in [3.63, 3.8) is 0 Å². The molecule has 0 saturated heterocycles. The highest BCUT2D eigenvalue weighted by Crippen LogP contribution is 2.22. The Kier molecular flexibility index (Phi) is 1.39. The molecule has 0 aliphatic carbocycles. The summed E-state index contributed by atoms with van der Waals surface area (Å²) in [4.78, 5) is 0. The number of hydrogen-bond donors (Lipinski definition) is 2. The van der Waals surface area contributed by atoms with Crippen molar-refractivity contribution >= 4 is 0 Å². The van der Waals surface area contributed by atoms with Gasteiger partial charge in [-0.05, 0) is 17.9 Å². The normalized spacial score (nSPS) is 24.4. The molecular formula is C7H14N2. The van der Waals surface area contributed by atoms with Crippen LogP contribution >= 0.6 is 0 Å². The standard InChI is InChI=1S/C7H14N2/c1-7(2)4-3-6(8)9-5-7/h3,9H,4-5,8H2,1-2H3. The van der Waals surface area contributed by atoms with Gasteiger partial charge in [0.05, 0.1) is 5.82 Å². The molecule has 0 spiro atoms. The largest absolute Gasteiger partial charge is 0.386 e. The van der Waals surface area contributed by atoms with Gasteiger partial charge in [0.15, 0.2) is 0 Å². The third kappa shape index (κ3) is 1.63. The Morgan fingerprint density at radius 2 is 2.33 bits per heavy atom. The van der Waals surface area contributed by atoms with E-state index in [1.165, 1.54) is 0 Å². The highest BCUT2D eigenvalue weighted by molar-refractivity contribution is 5.02. The molecule has 0 aromatic rings. The highest BCUT2D eigenvalue weighted by Gasteiger charge is 2.19. The van der Waals surface area contributed by atoms with E-state index < -0.39 is 0 Å². The summed E-state index contributed by atoms with van der Waals surface area (Å²) in [6.07, 6.45) is 3.13. The molecule has 0 bridgehead atoms. The third-order valence-corrected chi connectivity index (χ3v) is 1.65. The van der Waals surface area contributed by atoms with Gasteiger partial charge in [0, 0.05) is 6.54 Å². The van der Waals surface area contributed by atoms with E-state index in [0.29, 0.717) is 5.41 Å². The molecule has 2 heteroatoms. The zero-order chi connectivity index (χ0) is 6.91. The van der Waals surface area contributed by atoms with E-state index in [4.69, 9.17) is 5.73 Å². The van der Waals surface area contributed by atoms with Crippen LogP contribution in [0.25, 0.3) is 0 Å². The highest BCUT2D eigenvalue weighted by atomic mass is 15.0. The van der Waals surface area contributed by atoms with Crippen LogP contribution in [0.1, 0.15) is 20.3 Å². The van der Waals surface area contributed by atoms with Gasteiger partial charge in [-0.15, -0.1) is 0 Å². The minimum atomic E-state index is 0.392. The molecule has 0 unspecified atom stereocenters. The van der Waals surface area contributed by atoms with E-state index in [-0.39, 0.29) is 0 Å². The van der Waals surface area contributed by atoms with Crippen LogP contribution in [0.3, 0.4) is 0 Å². The number of nitrogens with two attached hydrogens (primary N) is 1. The van der Waals surface area contributed by atoms with Crippen LogP contribution in [0.5, 0.6) is 0 Å². The average Bonchev–Trinajstić information content (AvgIpc) is 1.78. The van der Waals surface area contributed by atoms with Crippen molar-refractivity contribution in [3.05, 3.63) is 11.9 Å². The van der Waals surface area contributed by atoms with Crippen LogP contribution in [0.2, 0.25) is 0 Å². The van der Waals surface area contributed by atoms with Crippen LogP contribution < -0.4 is 11.1 Å². The van der Waals surface area contributed by atoms with Crippen molar-refractivity contribution in [1.29, 1.82) is 0 Å². The van der Waals surface area contributed by atoms with E-state index in [0.717, 1.165) is 18.8 Å². The zero-order valence-electron chi connectivity index (χ0n) is 6.07. The first kappa shape index (κ1) is 6.46. The predicted octanol–water partition coefficient (Wildman–Crippen LogP) is 0.806. The maximum absolute atomic E-state index is 5.51. The minimum Gasteiger partial charge on any atom is -0.386 e. The summed E-state index contributed by atoms with van der Waals surface area (Å²) in [6.45, 7) is 5.45. The van der Waals surface area contributed by atoms with E-state index >= 15 is 0 Å². The summed E-state index contributed by atoms with van der Waals surface area (Å²) < 4.78 is 0. The van der Waals surface area contributed by atoms with Gasteiger partial charge in [-0.1, -0.05) is 13.8 Å². The Balaban J connectivity index is 2.56. The van der Waals surface area contributed by atoms with Crippen LogP contribution in [0.4, 0.5) is 0 Å². The third-order valence-electron chi connectivity index (χ3n) is 1.65. The second-order valence-corrected chi connectivity index (χ2v) is 3.38. The molecule has 1 heterocycles. The molecule has 1 aliphatic rings. The number of nitrogens with one attached hydrogen (secondary N) is 1. The SMILES string of the molecule is CC1(C)CC=C(N)NC1. The van der Waals surface area contributed by atoms with Gasteiger partial charge in [0.25, 0.3) is 0 Å². The quantitative estimate of drug-likeness (QED) is 0.504. The smallest absolute Gasteiger partial charge is 0.0919 e. The van der Waals surface area contributed by atoms with Crippen molar-refractivity contribution in [3.8, 4) is 0 Å². The zero-order valence-corrected chi connectivity index (χ0v) is 6.07. The molecule has 0 saturated carbocycles. The van der Waals surface area contributed by atoms with Crippen molar-refractivity contribution < 1.29 is 0 Å². The summed E-state index contributed by atoms with van der Waals surface area (Å²) in [5.41, 5.74) is 5.90. The summed E-state index contributed by atoms with van der Waals surface area (Å²) in [6, 6.07) is 0. The molecule has 0 aromatic heterocycles. The Bertz CT molecular complexity index is 136. The van der Waals surface area contributed by atoms with E-state index in [2.05, 4.69) is 19.2 Å². The fourth-order valence-electron chi connectivity index (χ4n) is 0.872. The van der Waals surface area contributed by atoms with Gasteiger partial charge in [-0.2, -0.15) is 0 Å².